The summed E-state index contributed by atoms with van der Waals surface area (Å²) in [7, 11) is 0. The van der Waals surface area contributed by atoms with Crippen LogP contribution in [0.1, 0.15) is 11.7 Å². The third-order valence-corrected chi connectivity index (χ3v) is 7.41. The molecule has 0 saturated carbocycles. The first-order valence-corrected chi connectivity index (χ1v) is 12.9. The lowest BCUT2D eigenvalue weighted by Gasteiger charge is -2.42. The van der Waals surface area contributed by atoms with Crippen LogP contribution in [0.4, 0.5) is 0 Å². The van der Waals surface area contributed by atoms with Gasteiger partial charge in [0.1, 0.15) is 88.9 Å². The second kappa shape index (κ2) is 11.7. The minimum atomic E-state index is -1.94. The Morgan fingerprint density at radius 3 is 1.95 bits per heavy atom. The summed E-state index contributed by atoms with van der Waals surface area (Å²) < 4.78 is 22.6. The molecule has 3 heterocycles. The van der Waals surface area contributed by atoms with E-state index in [1.54, 1.807) is 0 Å². The zero-order chi connectivity index (χ0) is 30.5. The number of ether oxygens (including phenoxy) is 3. The van der Waals surface area contributed by atoms with Gasteiger partial charge in [0.25, 0.3) is 0 Å². The molecule has 2 aliphatic heterocycles. The average Bonchev–Trinajstić information content (AvgIpc) is 2.97. The van der Waals surface area contributed by atoms with Crippen LogP contribution >= 0.6 is 0 Å². The van der Waals surface area contributed by atoms with Gasteiger partial charge in [-0.25, -0.2) is 0 Å². The highest BCUT2D eigenvalue weighted by molar-refractivity contribution is 5.88. The topological polar surface area (TPSA) is 260 Å². The molecule has 15 heteroatoms. The summed E-state index contributed by atoms with van der Waals surface area (Å²) in [5, 5.41) is 102. The van der Waals surface area contributed by atoms with Crippen LogP contribution in [0.25, 0.3) is 22.3 Å². The van der Waals surface area contributed by atoms with Gasteiger partial charge in [-0.3, -0.25) is 4.79 Å². The highest BCUT2D eigenvalue weighted by atomic mass is 16.7. The molecule has 2 saturated heterocycles. The summed E-state index contributed by atoms with van der Waals surface area (Å²) in [6.45, 7) is -1.59. The summed E-state index contributed by atoms with van der Waals surface area (Å²) in [5.41, 5.74) is -1.13. The molecule has 0 aliphatic carbocycles. The van der Waals surface area contributed by atoms with Gasteiger partial charge in [0.05, 0.1) is 18.8 Å². The molecule has 0 radical (unpaired) electrons. The lowest BCUT2D eigenvalue weighted by Crippen LogP contribution is -2.60. The molecule has 42 heavy (non-hydrogen) atoms. The lowest BCUT2D eigenvalue weighted by molar-refractivity contribution is -0.278. The molecule has 4 unspecified atom stereocenters. The van der Waals surface area contributed by atoms with Crippen molar-refractivity contribution in [3.8, 4) is 28.6 Å². The smallest absolute Gasteiger partial charge is 0.229 e. The van der Waals surface area contributed by atoms with Crippen molar-refractivity contribution in [2.24, 2.45) is 0 Å². The van der Waals surface area contributed by atoms with Gasteiger partial charge in [0.15, 0.2) is 5.43 Å². The van der Waals surface area contributed by atoms with Crippen LogP contribution in [-0.2, 0) is 9.47 Å². The predicted octanol–water partition coefficient (Wildman–Crippen LogP) is -2.44. The van der Waals surface area contributed by atoms with Crippen LogP contribution in [0, 0.1) is 0 Å². The Morgan fingerprint density at radius 1 is 0.738 bits per heavy atom. The van der Waals surface area contributed by atoms with Crippen molar-refractivity contribution in [2.45, 2.75) is 61.2 Å². The number of rotatable bonds is 6. The molecule has 2 fully saturated rings. The second-order valence-electron chi connectivity index (χ2n) is 10.1. The van der Waals surface area contributed by atoms with Crippen molar-refractivity contribution in [2.75, 3.05) is 13.2 Å². The van der Waals surface area contributed by atoms with Crippen LogP contribution < -0.4 is 10.2 Å². The SMILES string of the molecule is O=c1cc(-c2ccc(O)cc2)oc2cc(O[C@@H]3OC(CO)[C@H](O)[C@H](O)C3O)c([C@@H]3OC(CO)[C@@H](O)[C@H](O)C3O)c(O)c12. The van der Waals surface area contributed by atoms with Gasteiger partial charge in [-0.2, -0.15) is 0 Å². The Hall–Kier alpha value is -3.35. The zero-order valence-electron chi connectivity index (χ0n) is 21.7. The fraction of sp³-hybridized carbons (Fsp3) is 0.444. The molecule has 0 bridgehead atoms. The number of phenols is 2. The van der Waals surface area contributed by atoms with Gasteiger partial charge in [0, 0.05) is 17.7 Å². The van der Waals surface area contributed by atoms with E-state index in [1.165, 1.54) is 24.3 Å². The normalized spacial score (nSPS) is 33.5. The second-order valence-corrected chi connectivity index (χ2v) is 10.1. The molecule has 10 N–H and O–H groups in total. The van der Waals surface area contributed by atoms with Crippen LogP contribution in [0.3, 0.4) is 0 Å². The number of hydrogen-bond acceptors (Lipinski definition) is 15. The summed E-state index contributed by atoms with van der Waals surface area (Å²) in [6.07, 6.45) is -17.4. The molecular weight excluding hydrogens is 564 g/mol. The van der Waals surface area contributed by atoms with Crippen LogP contribution in [0.15, 0.2) is 45.6 Å². The molecule has 0 spiro atoms. The Labute approximate surface area is 236 Å². The van der Waals surface area contributed by atoms with Crippen molar-refractivity contribution >= 4 is 11.0 Å². The highest BCUT2D eigenvalue weighted by Crippen LogP contribution is 2.46. The predicted molar refractivity (Wildman–Crippen MR) is 138 cm³/mol. The minimum absolute atomic E-state index is 0.0197. The Morgan fingerprint density at radius 2 is 1.33 bits per heavy atom. The fourth-order valence-corrected chi connectivity index (χ4v) is 5.07. The Kier molecular flexibility index (Phi) is 8.41. The highest BCUT2D eigenvalue weighted by Gasteiger charge is 2.48. The van der Waals surface area contributed by atoms with Gasteiger partial charge in [-0.15, -0.1) is 0 Å². The maximum atomic E-state index is 13.2. The van der Waals surface area contributed by atoms with E-state index in [0.29, 0.717) is 5.56 Å². The quantitative estimate of drug-likeness (QED) is 0.142. The molecule has 3 aromatic rings. The number of aliphatic hydroxyl groups excluding tert-OH is 8. The van der Waals surface area contributed by atoms with E-state index < -0.39 is 102 Å². The Bertz CT molecular complexity index is 1470. The van der Waals surface area contributed by atoms with Crippen molar-refractivity contribution in [1.29, 1.82) is 0 Å². The number of hydrogen-bond donors (Lipinski definition) is 10. The standard InChI is InChI=1S/C27H30O15/c28-7-15-19(32)22(35)24(37)26(40-15)18-14(41-27-25(38)23(36)20(33)16(8-29)42-27)6-13-17(21(18)34)11(31)5-12(39-13)9-1-3-10(30)4-2-9/h1-6,15-16,19-20,22-30,32-38H,7-8H2/t15?,16?,19-,20+,22+,23+,24?,25?,26+,27-/m1/s1. The number of benzene rings is 2. The molecule has 228 valence electrons. The van der Waals surface area contributed by atoms with E-state index in [0.717, 1.165) is 12.1 Å². The van der Waals surface area contributed by atoms with Gasteiger partial charge >= 0.3 is 0 Å². The molecule has 1 aromatic heterocycles. The van der Waals surface area contributed by atoms with Crippen molar-refractivity contribution < 1.29 is 69.7 Å². The first-order chi connectivity index (χ1) is 20.0. The fourth-order valence-electron chi connectivity index (χ4n) is 5.07. The largest absolute Gasteiger partial charge is 0.508 e. The molecule has 5 rings (SSSR count). The van der Waals surface area contributed by atoms with Crippen molar-refractivity contribution in [3.05, 3.63) is 52.2 Å². The summed E-state index contributed by atoms with van der Waals surface area (Å²) >= 11 is 0. The van der Waals surface area contributed by atoms with Crippen LogP contribution in [-0.4, -0.2) is 119 Å². The zero-order valence-corrected chi connectivity index (χ0v) is 21.7. The molecule has 2 aliphatic rings. The molecule has 15 nitrogen and oxygen atoms in total. The van der Waals surface area contributed by atoms with Crippen LogP contribution in [0.5, 0.6) is 17.2 Å². The minimum Gasteiger partial charge on any atom is -0.508 e. The summed E-state index contributed by atoms with van der Waals surface area (Å²) in [6, 6.07) is 7.78. The number of aromatic hydroxyl groups is 2. The number of phenolic OH excluding ortho intramolecular Hbond substituents is 2. The maximum absolute atomic E-state index is 13.2. The van der Waals surface area contributed by atoms with Gasteiger partial charge < -0.3 is 69.7 Å². The first kappa shape index (κ1) is 30.1. The summed E-state index contributed by atoms with van der Waals surface area (Å²) in [5.74, 6) is -1.33. The van der Waals surface area contributed by atoms with Gasteiger partial charge in [-0.05, 0) is 24.3 Å². The van der Waals surface area contributed by atoms with Gasteiger partial charge in [0.2, 0.25) is 6.29 Å². The average molecular weight is 595 g/mol. The van der Waals surface area contributed by atoms with E-state index in [-0.39, 0.29) is 17.1 Å². The van der Waals surface area contributed by atoms with E-state index >= 15 is 0 Å². The van der Waals surface area contributed by atoms with E-state index in [4.69, 9.17) is 18.6 Å². The van der Waals surface area contributed by atoms with Gasteiger partial charge in [-0.1, -0.05) is 0 Å². The summed E-state index contributed by atoms with van der Waals surface area (Å²) in [4.78, 5) is 13.2. The molecule has 10 atom stereocenters. The van der Waals surface area contributed by atoms with E-state index in [2.05, 4.69) is 0 Å². The lowest BCUT2D eigenvalue weighted by atomic mass is 9.89. The van der Waals surface area contributed by atoms with Crippen molar-refractivity contribution in [3.63, 3.8) is 0 Å². The van der Waals surface area contributed by atoms with Crippen LogP contribution in [0.2, 0.25) is 0 Å². The maximum Gasteiger partial charge on any atom is 0.229 e. The van der Waals surface area contributed by atoms with Crippen molar-refractivity contribution in [1.82, 2.24) is 0 Å². The third kappa shape index (κ3) is 5.20. The van der Waals surface area contributed by atoms with E-state index in [9.17, 15) is 55.9 Å². The van der Waals surface area contributed by atoms with E-state index in [1.807, 2.05) is 0 Å². The molecule has 2 aromatic carbocycles. The molecular formula is C27H30O15. The first-order valence-electron chi connectivity index (χ1n) is 12.9. The molecule has 0 amide bonds. The Balaban J connectivity index is 1.68. The third-order valence-electron chi connectivity index (χ3n) is 7.41. The number of fused-ring (bicyclic) bond motifs is 1. The monoisotopic (exact) mass is 594 g/mol. The number of aliphatic hydroxyl groups is 8.